The summed E-state index contributed by atoms with van der Waals surface area (Å²) in [6.07, 6.45) is 0. The van der Waals surface area contributed by atoms with E-state index in [1.165, 1.54) is 11.1 Å². The molecule has 0 spiro atoms. The van der Waals surface area contributed by atoms with Gasteiger partial charge in [0.05, 0.1) is 19.8 Å². The van der Waals surface area contributed by atoms with Crippen LogP contribution in [0.5, 0.6) is 0 Å². The van der Waals surface area contributed by atoms with Gasteiger partial charge in [0.1, 0.15) is 0 Å². The fourth-order valence-corrected chi connectivity index (χ4v) is 2.76. The topological polar surface area (TPSA) is 40.1 Å². The van der Waals surface area contributed by atoms with Gasteiger partial charge in [0.25, 0.3) is 0 Å². The molecule has 0 radical (unpaired) electrons. The molecule has 0 aliphatic carbocycles. The third-order valence-corrected chi connectivity index (χ3v) is 4.01. The lowest BCUT2D eigenvalue weighted by atomic mass is 10.1. The summed E-state index contributed by atoms with van der Waals surface area (Å²) in [6.45, 7) is 7.53. The molecule has 0 saturated carbocycles. The SMILES string of the molecule is CN1CCN=C1NCc1cccc(CN2CCOCC2)c1. The van der Waals surface area contributed by atoms with E-state index in [0.29, 0.717) is 0 Å². The lowest BCUT2D eigenvalue weighted by molar-refractivity contribution is 0.0342. The molecule has 2 aliphatic heterocycles. The fourth-order valence-electron chi connectivity index (χ4n) is 2.76. The number of ether oxygens (including phenoxy) is 1. The Labute approximate surface area is 126 Å². The minimum absolute atomic E-state index is 0.833. The summed E-state index contributed by atoms with van der Waals surface area (Å²) in [6, 6.07) is 8.81. The second-order valence-corrected chi connectivity index (χ2v) is 5.69. The van der Waals surface area contributed by atoms with Crippen LogP contribution in [-0.2, 0) is 17.8 Å². The van der Waals surface area contributed by atoms with Crippen LogP contribution in [0.15, 0.2) is 29.3 Å². The average molecular weight is 288 g/mol. The smallest absolute Gasteiger partial charge is 0.194 e. The van der Waals surface area contributed by atoms with Crippen molar-refractivity contribution in [3.63, 3.8) is 0 Å². The molecule has 1 fully saturated rings. The van der Waals surface area contributed by atoms with Gasteiger partial charge in [-0.1, -0.05) is 24.3 Å². The van der Waals surface area contributed by atoms with E-state index in [0.717, 1.165) is 58.4 Å². The van der Waals surface area contributed by atoms with Crippen molar-refractivity contribution in [1.29, 1.82) is 0 Å². The van der Waals surface area contributed by atoms with Crippen molar-refractivity contribution < 1.29 is 4.74 Å². The Morgan fingerprint density at radius 2 is 2.00 bits per heavy atom. The molecule has 0 atom stereocenters. The number of likely N-dealkylation sites (N-methyl/N-ethyl adjacent to an activating group) is 1. The zero-order valence-electron chi connectivity index (χ0n) is 12.7. The summed E-state index contributed by atoms with van der Waals surface area (Å²) in [5, 5.41) is 3.42. The minimum Gasteiger partial charge on any atom is -0.379 e. The van der Waals surface area contributed by atoms with Gasteiger partial charge < -0.3 is 15.0 Å². The van der Waals surface area contributed by atoms with E-state index in [1.807, 2.05) is 0 Å². The van der Waals surface area contributed by atoms with Crippen molar-refractivity contribution in [3.8, 4) is 0 Å². The van der Waals surface area contributed by atoms with Crippen molar-refractivity contribution in [2.45, 2.75) is 13.1 Å². The summed E-state index contributed by atoms with van der Waals surface area (Å²) in [4.78, 5) is 9.07. The lowest BCUT2D eigenvalue weighted by Gasteiger charge is -2.26. The van der Waals surface area contributed by atoms with E-state index in [4.69, 9.17) is 4.74 Å². The van der Waals surface area contributed by atoms with E-state index < -0.39 is 0 Å². The van der Waals surface area contributed by atoms with Gasteiger partial charge in [0, 0.05) is 39.8 Å². The molecule has 2 aliphatic rings. The molecule has 3 rings (SSSR count). The van der Waals surface area contributed by atoms with Crippen LogP contribution in [-0.4, -0.2) is 62.2 Å². The highest BCUT2D eigenvalue weighted by atomic mass is 16.5. The van der Waals surface area contributed by atoms with Gasteiger partial charge in [-0.05, 0) is 11.1 Å². The first-order valence-electron chi connectivity index (χ1n) is 7.68. The van der Waals surface area contributed by atoms with Crippen LogP contribution in [0.4, 0.5) is 0 Å². The monoisotopic (exact) mass is 288 g/mol. The maximum atomic E-state index is 5.40. The van der Waals surface area contributed by atoms with E-state index in [9.17, 15) is 0 Å². The largest absolute Gasteiger partial charge is 0.379 e. The molecule has 21 heavy (non-hydrogen) atoms. The number of nitrogens with one attached hydrogen (secondary N) is 1. The van der Waals surface area contributed by atoms with Crippen molar-refractivity contribution in [1.82, 2.24) is 15.1 Å². The third-order valence-electron chi connectivity index (χ3n) is 4.01. The Kier molecular flexibility index (Phi) is 4.72. The summed E-state index contributed by atoms with van der Waals surface area (Å²) in [5.41, 5.74) is 2.68. The maximum absolute atomic E-state index is 5.40. The highest BCUT2D eigenvalue weighted by molar-refractivity contribution is 5.81. The number of rotatable bonds is 4. The second-order valence-electron chi connectivity index (χ2n) is 5.69. The average Bonchev–Trinajstić information content (AvgIpc) is 2.92. The van der Waals surface area contributed by atoms with E-state index in [1.54, 1.807) is 0 Å². The first-order chi connectivity index (χ1) is 10.3. The minimum atomic E-state index is 0.833. The van der Waals surface area contributed by atoms with E-state index in [2.05, 4.69) is 51.4 Å². The predicted molar refractivity (Wildman–Crippen MR) is 84.3 cm³/mol. The van der Waals surface area contributed by atoms with E-state index >= 15 is 0 Å². The molecule has 0 unspecified atom stereocenters. The predicted octanol–water partition coefficient (Wildman–Crippen LogP) is 0.910. The normalized spacial score (nSPS) is 19.7. The molecule has 0 aromatic heterocycles. The molecular weight excluding hydrogens is 264 g/mol. The molecule has 1 aromatic rings. The molecular formula is C16H24N4O. The number of hydrogen-bond acceptors (Lipinski definition) is 5. The molecule has 0 bridgehead atoms. The molecule has 1 saturated heterocycles. The van der Waals surface area contributed by atoms with Gasteiger partial charge in [-0.2, -0.15) is 0 Å². The van der Waals surface area contributed by atoms with Crippen LogP contribution in [0.1, 0.15) is 11.1 Å². The molecule has 0 amide bonds. The quantitative estimate of drug-likeness (QED) is 0.894. The fraction of sp³-hybridized carbons (Fsp3) is 0.562. The third kappa shape index (κ3) is 3.95. The molecule has 114 valence electrons. The standard InChI is InChI=1S/C16H24N4O/c1-19-6-5-17-16(19)18-12-14-3-2-4-15(11-14)13-20-7-9-21-10-8-20/h2-4,11H,5-10,12-13H2,1H3,(H,17,18). The Hall–Kier alpha value is -1.59. The molecule has 5 heteroatoms. The van der Waals surface area contributed by atoms with Crippen LogP contribution >= 0.6 is 0 Å². The first-order valence-corrected chi connectivity index (χ1v) is 7.68. The van der Waals surface area contributed by atoms with Crippen molar-refractivity contribution >= 4 is 5.96 Å². The zero-order valence-corrected chi connectivity index (χ0v) is 12.7. The van der Waals surface area contributed by atoms with Gasteiger partial charge >= 0.3 is 0 Å². The summed E-state index contributed by atoms with van der Waals surface area (Å²) in [7, 11) is 2.08. The van der Waals surface area contributed by atoms with Crippen LogP contribution in [0.3, 0.4) is 0 Å². The number of guanidine groups is 1. The second kappa shape index (κ2) is 6.91. The van der Waals surface area contributed by atoms with E-state index in [-0.39, 0.29) is 0 Å². The Morgan fingerprint density at radius 3 is 2.76 bits per heavy atom. The van der Waals surface area contributed by atoms with Crippen LogP contribution in [0, 0.1) is 0 Å². The van der Waals surface area contributed by atoms with Crippen LogP contribution < -0.4 is 5.32 Å². The Balaban J connectivity index is 1.55. The van der Waals surface area contributed by atoms with Gasteiger partial charge in [-0.3, -0.25) is 9.89 Å². The Morgan fingerprint density at radius 1 is 1.19 bits per heavy atom. The summed E-state index contributed by atoms with van der Waals surface area (Å²) in [5.74, 6) is 1.01. The molecule has 1 N–H and O–H groups in total. The zero-order chi connectivity index (χ0) is 14.5. The summed E-state index contributed by atoms with van der Waals surface area (Å²) >= 11 is 0. The lowest BCUT2D eigenvalue weighted by Crippen LogP contribution is -2.36. The number of nitrogens with zero attached hydrogens (tertiary/aromatic N) is 3. The molecule has 2 heterocycles. The van der Waals surface area contributed by atoms with Crippen LogP contribution in [0.25, 0.3) is 0 Å². The maximum Gasteiger partial charge on any atom is 0.194 e. The Bertz CT molecular complexity index is 497. The van der Waals surface area contributed by atoms with Crippen molar-refractivity contribution in [3.05, 3.63) is 35.4 Å². The van der Waals surface area contributed by atoms with Crippen LogP contribution in [0.2, 0.25) is 0 Å². The number of morpholine rings is 1. The molecule has 5 nitrogen and oxygen atoms in total. The van der Waals surface area contributed by atoms with Gasteiger partial charge in [0.15, 0.2) is 5.96 Å². The van der Waals surface area contributed by atoms with Gasteiger partial charge in [0.2, 0.25) is 0 Å². The number of hydrogen-bond donors (Lipinski definition) is 1. The summed E-state index contributed by atoms with van der Waals surface area (Å²) < 4.78 is 5.40. The van der Waals surface area contributed by atoms with Gasteiger partial charge in [-0.25, -0.2) is 0 Å². The first kappa shape index (κ1) is 14.4. The number of aliphatic imine (C=N–C) groups is 1. The highest BCUT2D eigenvalue weighted by Crippen LogP contribution is 2.10. The molecule has 1 aromatic carbocycles. The van der Waals surface area contributed by atoms with Gasteiger partial charge in [-0.15, -0.1) is 0 Å². The number of benzene rings is 1. The van der Waals surface area contributed by atoms with Crippen molar-refractivity contribution in [2.75, 3.05) is 46.4 Å². The highest BCUT2D eigenvalue weighted by Gasteiger charge is 2.12. The van der Waals surface area contributed by atoms with Crippen molar-refractivity contribution in [2.24, 2.45) is 4.99 Å².